The first-order valence-electron chi connectivity index (χ1n) is 8.15. The van der Waals surface area contributed by atoms with Gasteiger partial charge >= 0.3 is 0 Å². The molecule has 4 nitrogen and oxygen atoms in total. The smallest absolute Gasteiger partial charge is 0.230 e. The largest absolute Gasteiger partial charge is 0.368 e. The third-order valence-electron chi connectivity index (χ3n) is 5.16. The summed E-state index contributed by atoms with van der Waals surface area (Å²) in [5.74, 6) is 0.281. The van der Waals surface area contributed by atoms with Crippen molar-refractivity contribution in [1.29, 1.82) is 0 Å². The molecule has 0 aromatic heterocycles. The number of amides is 1. The molecule has 2 fully saturated rings. The van der Waals surface area contributed by atoms with E-state index in [2.05, 4.69) is 4.90 Å². The van der Waals surface area contributed by atoms with E-state index >= 15 is 0 Å². The standard InChI is InChI=1S/C17H24ClN3O/c18-14-3-5-15(6-4-14)20-9-11-21(12-10-20)16(22)17(13-19)7-1-2-8-17/h3-6H,1-2,7-13,19H2. The Morgan fingerprint density at radius 3 is 2.23 bits per heavy atom. The second-order valence-corrected chi connectivity index (χ2v) is 6.88. The molecule has 1 aliphatic heterocycles. The van der Waals surface area contributed by atoms with Gasteiger partial charge in [0.25, 0.3) is 0 Å². The second-order valence-electron chi connectivity index (χ2n) is 6.45. The zero-order chi connectivity index (χ0) is 15.6. The van der Waals surface area contributed by atoms with E-state index in [0.29, 0.717) is 6.54 Å². The van der Waals surface area contributed by atoms with Gasteiger partial charge < -0.3 is 15.5 Å². The molecule has 1 saturated heterocycles. The minimum Gasteiger partial charge on any atom is -0.368 e. The summed E-state index contributed by atoms with van der Waals surface area (Å²) in [6.45, 7) is 3.79. The van der Waals surface area contributed by atoms with Crippen molar-refractivity contribution in [1.82, 2.24) is 4.90 Å². The Hall–Kier alpha value is -1.26. The summed E-state index contributed by atoms with van der Waals surface area (Å²) in [6, 6.07) is 7.91. The number of benzene rings is 1. The summed E-state index contributed by atoms with van der Waals surface area (Å²) >= 11 is 5.94. The fourth-order valence-electron chi connectivity index (χ4n) is 3.71. The van der Waals surface area contributed by atoms with E-state index in [9.17, 15) is 4.79 Å². The van der Waals surface area contributed by atoms with Crippen LogP contribution in [0.2, 0.25) is 5.02 Å². The molecule has 1 aromatic rings. The number of hydrogen-bond acceptors (Lipinski definition) is 3. The number of carbonyl (C=O) groups is 1. The van der Waals surface area contributed by atoms with Gasteiger partial charge in [0.1, 0.15) is 0 Å². The second kappa shape index (κ2) is 6.47. The van der Waals surface area contributed by atoms with Crippen LogP contribution in [0.25, 0.3) is 0 Å². The lowest BCUT2D eigenvalue weighted by Crippen LogP contribution is -2.54. The van der Waals surface area contributed by atoms with Gasteiger partial charge in [0.2, 0.25) is 5.91 Å². The summed E-state index contributed by atoms with van der Waals surface area (Å²) in [7, 11) is 0. The number of hydrogen-bond donors (Lipinski definition) is 1. The summed E-state index contributed by atoms with van der Waals surface area (Å²) in [5, 5.41) is 0.753. The van der Waals surface area contributed by atoms with Crippen molar-refractivity contribution in [2.24, 2.45) is 11.1 Å². The molecule has 2 N–H and O–H groups in total. The van der Waals surface area contributed by atoms with Gasteiger partial charge in [-0.2, -0.15) is 0 Å². The van der Waals surface area contributed by atoms with Crippen LogP contribution in [-0.4, -0.2) is 43.5 Å². The summed E-state index contributed by atoms with van der Waals surface area (Å²) in [4.78, 5) is 17.2. The highest BCUT2D eigenvalue weighted by Gasteiger charge is 2.42. The molecule has 2 aliphatic rings. The quantitative estimate of drug-likeness (QED) is 0.930. The van der Waals surface area contributed by atoms with Crippen molar-refractivity contribution in [3.63, 3.8) is 0 Å². The van der Waals surface area contributed by atoms with E-state index in [4.69, 9.17) is 17.3 Å². The zero-order valence-corrected chi connectivity index (χ0v) is 13.7. The van der Waals surface area contributed by atoms with Crippen molar-refractivity contribution >= 4 is 23.2 Å². The molecule has 0 atom stereocenters. The van der Waals surface area contributed by atoms with Gasteiger partial charge in [0.15, 0.2) is 0 Å². The van der Waals surface area contributed by atoms with Crippen molar-refractivity contribution in [3.05, 3.63) is 29.3 Å². The highest BCUT2D eigenvalue weighted by Crippen LogP contribution is 2.39. The first-order valence-corrected chi connectivity index (χ1v) is 8.52. The van der Waals surface area contributed by atoms with E-state index < -0.39 is 0 Å². The Kier molecular flexibility index (Phi) is 4.59. The van der Waals surface area contributed by atoms with Crippen molar-refractivity contribution in [2.45, 2.75) is 25.7 Å². The Morgan fingerprint density at radius 1 is 1.09 bits per heavy atom. The minimum absolute atomic E-state index is 0.275. The third-order valence-corrected chi connectivity index (χ3v) is 5.42. The van der Waals surface area contributed by atoms with Gasteiger partial charge in [0.05, 0.1) is 5.41 Å². The predicted molar refractivity (Wildman–Crippen MR) is 90.2 cm³/mol. The lowest BCUT2D eigenvalue weighted by molar-refractivity contribution is -0.141. The maximum absolute atomic E-state index is 12.9. The number of nitrogens with two attached hydrogens (primary N) is 1. The lowest BCUT2D eigenvalue weighted by atomic mass is 9.84. The highest BCUT2D eigenvalue weighted by atomic mass is 35.5. The zero-order valence-electron chi connectivity index (χ0n) is 12.9. The average molecular weight is 322 g/mol. The first kappa shape index (κ1) is 15.6. The SMILES string of the molecule is NCC1(C(=O)N2CCN(c3ccc(Cl)cc3)CC2)CCCC1. The Bertz CT molecular complexity index is 517. The molecule has 1 saturated carbocycles. The van der Waals surface area contributed by atoms with Crippen LogP contribution in [0.4, 0.5) is 5.69 Å². The van der Waals surface area contributed by atoms with E-state index in [0.717, 1.165) is 56.9 Å². The van der Waals surface area contributed by atoms with Crippen LogP contribution in [0.5, 0.6) is 0 Å². The maximum atomic E-state index is 12.9. The number of rotatable bonds is 3. The van der Waals surface area contributed by atoms with Crippen LogP contribution in [0.15, 0.2) is 24.3 Å². The Morgan fingerprint density at radius 2 is 1.68 bits per heavy atom. The van der Waals surface area contributed by atoms with Gasteiger partial charge in [-0.25, -0.2) is 0 Å². The third kappa shape index (κ3) is 2.95. The van der Waals surface area contributed by atoms with Crippen LogP contribution in [-0.2, 0) is 4.79 Å². The van der Waals surface area contributed by atoms with Gasteiger partial charge in [-0.1, -0.05) is 24.4 Å². The molecule has 1 aliphatic carbocycles. The van der Waals surface area contributed by atoms with Gasteiger partial charge in [-0.3, -0.25) is 4.79 Å². The number of nitrogens with zero attached hydrogens (tertiary/aromatic N) is 2. The molecule has 0 bridgehead atoms. The molecule has 120 valence electrons. The normalized spacial score (nSPS) is 21.2. The van der Waals surface area contributed by atoms with Crippen molar-refractivity contribution in [3.8, 4) is 0 Å². The average Bonchev–Trinajstić information content (AvgIpc) is 3.05. The van der Waals surface area contributed by atoms with Crippen LogP contribution in [0.1, 0.15) is 25.7 Å². The molecule has 1 aromatic carbocycles. The van der Waals surface area contributed by atoms with E-state index in [-0.39, 0.29) is 11.3 Å². The summed E-state index contributed by atoms with van der Waals surface area (Å²) in [6.07, 6.45) is 4.18. The molecular weight excluding hydrogens is 298 g/mol. The van der Waals surface area contributed by atoms with Crippen LogP contribution in [0, 0.1) is 5.41 Å². The first-order chi connectivity index (χ1) is 10.6. The molecule has 0 spiro atoms. The Labute approximate surface area is 137 Å². The number of anilines is 1. The van der Waals surface area contributed by atoms with E-state index in [1.54, 1.807) is 0 Å². The molecule has 0 unspecified atom stereocenters. The highest BCUT2D eigenvalue weighted by molar-refractivity contribution is 6.30. The van der Waals surface area contributed by atoms with Crippen LogP contribution in [0.3, 0.4) is 0 Å². The van der Waals surface area contributed by atoms with Crippen LogP contribution < -0.4 is 10.6 Å². The lowest BCUT2D eigenvalue weighted by Gasteiger charge is -2.40. The minimum atomic E-state index is -0.275. The monoisotopic (exact) mass is 321 g/mol. The number of carbonyl (C=O) groups excluding carboxylic acids is 1. The molecule has 1 amide bonds. The molecular formula is C17H24ClN3O. The predicted octanol–water partition coefficient (Wildman–Crippen LogP) is 2.51. The summed E-state index contributed by atoms with van der Waals surface area (Å²) < 4.78 is 0. The molecule has 5 heteroatoms. The Balaban J connectivity index is 1.61. The molecule has 0 radical (unpaired) electrons. The van der Waals surface area contributed by atoms with Crippen molar-refractivity contribution in [2.75, 3.05) is 37.6 Å². The van der Waals surface area contributed by atoms with Gasteiger partial charge in [-0.15, -0.1) is 0 Å². The maximum Gasteiger partial charge on any atom is 0.230 e. The van der Waals surface area contributed by atoms with Gasteiger partial charge in [-0.05, 0) is 37.1 Å². The van der Waals surface area contributed by atoms with Crippen molar-refractivity contribution < 1.29 is 4.79 Å². The fraction of sp³-hybridized carbons (Fsp3) is 0.588. The fourth-order valence-corrected chi connectivity index (χ4v) is 3.84. The molecule has 3 rings (SSSR count). The topological polar surface area (TPSA) is 49.6 Å². The molecule has 22 heavy (non-hydrogen) atoms. The number of piperazine rings is 1. The van der Waals surface area contributed by atoms with Crippen LogP contribution >= 0.6 is 11.6 Å². The van der Waals surface area contributed by atoms with Gasteiger partial charge in [0, 0.05) is 43.4 Å². The summed E-state index contributed by atoms with van der Waals surface area (Å²) in [5.41, 5.74) is 6.84. The van der Waals surface area contributed by atoms with E-state index in [1.165, 1.54) is 5.69 Å². The number of halogens is 1. The van der Waals surface area contributed by atoms with E-state index in [1.807, 2.05) is 29.2 Å². The molecule has 1 heterocycles.